The lowest BCUT2D eigenvalue weighted by atomic mass is 10.0. The van der Waals surface area contributed by atoms with Crippen LogP contribution in [0.4, 0.5) is 5.69 Å². The van der Waals surface area contributed by atoms with Crippen LogP contribution < -0.4 is 10.2 Å². The molecule has 3 rings (SSSR count). The minimum Gasteiger partial charge on any atom is -0.383 e. The highest BCUT2D eigenvalue weighted by molar-refractivity contribution is 6.05. The van der Waals surface area contributed by atoms with Crippen LogP contribution in [0.3, 0.4) is 0 Å². The summed E-state index contributed by atoms with van der Waals surface area (Å²) in [4.78, 5) is 33.8. The number of anilines is 1. The van der Waals surface area contributed by atoms with Gasteiger partial charge in [0.25, 0.3) is 5.91 Å². The Morgan fingerprint density at radius 1 is 1.36 bits per heavy atom. The number of methoxy groups -OCH3 is 1. The van der Waals surface area contributed by atoms with Crippen molar-refractivity contribution in [1.29, 1.82) is 0 Å². The first kappa shape index (κ1) is 19.9. The quantitative estimate of drug-likeness (QED) is 0.686. The minimum absolute atomic E-state index is 0.118. The van der Waals surface area contributed by atoms with Crippen LogP contribution in [0.5, 0.6) is 0 Å². The third kappa shape index (κ3) is 3.87. The summed E-state index contributed by atoms with van der Waals surface area (Å²) in [6.45, 7) is 1.27. The Bertz CT molecular complexity index is 861. The normalized spacial score (nSPS) is 15.6. The van der Waals surface area contributed by atoms with Crippen LogP contribution in [0, 0.1) is 0 Å². The van der Waals surface area contributed by atoms with Crippen molar-refractivity contribution >= 4 is 17.5 Å². The molecule has 0 fully saturated rings. The summed E-state index contributed by atoms with van der Waals surface area (Å²) >= 11 is 0. The van der Waals surface area contributed by atoms with Crippen LogP contribution in [0.1, 0.15) is 27.7 Å². The van der Waals surface area contributed by atoms with Gasteiger partial charge in [0, 0.05) is 70.9 Å². The minimum atomic E-state index is -0.635. The van der Waals surface area contributed by atoms with Crippen molar-refractivity contribution in [3.05, 3.63) is 47.5 Å². The third-order valence-corrected chi connectivity index (χ3v) is 5.03. The molecule has 8 nitrogen and oxygen atoms in total. The monoisotopic (exact) mass is 385 g/mol. The SMILES string of the molecule is COCCNC(=O)C1c2ccc(N(C)C)cc2C(=O)N1CCc1cncn1C. The molecule has 1 aliphatic rings. The lowest BCUT2D eigenvalue weighted by Crippen LogP contribution is -2.41. The Kier molecular flexibility index (Phi) is 5.99. The Morgan fingerprint density at radius 3 is 2.79 bits per heavy atom. The Morgan fingerprint density at radius 2 is 2.14 bits per heavy atom. The highest BCUT2D eigenvalue weighted by Crippen LogP contribution is 2.36. The number of rotatable bonds is 8. The first-order valence-electron chi connectivity index (χ1n) is 9.28. The van der Waals surface area contributed by atoms with Gasteiger partial charge in [-0.25, -0.2) is 4.98 Å². The number of nitrogens with zero attached hydrogens (tertiary/aromatic N) is 4. The maximum Gasteiger partial charge on any atom is 0.255 e. The summed E-state index contributed by atoms with van der Waals surface area (Å²) in [5.41, 5.74) is 3.27. The van der Waals surface area contributed by atoms with Crippen molar-refractivity contribution in [2.75, 3.05) is 45.8 Å². The first-order chi connectivity index (χ1) is 13.4. The summed E-state index contributed by atoms with van der Waals surface area (Å²) in [5.74, 6) is -0.306. The van der Waals surface area contributed by atoms with Crippen LogP contribution in [0.25, 0.3) is 0 Å². The number of imidazole rings is 1. The highest BCUT2D eigenvalue weighted by Gasteiger charge is 2.41. The van der Waals surface area contributed by atoms with Crippen LogP contribution >= 0.6 is 0 Å². The van der Waals surface area contributed by atoms with Crippen LogP contribution in [-0.4, -0.2) is 67.2 Å². The number of hydrogen-bond donors (Lipinski definition) is 1. The number of carbonyl (C=O) groups is 2. The second kappa shape index (κ2) is 8.43. The number of hydrogen-bond acceptors (Lipinski definition) is 5. The van der Waals surface area contributed by atoms with Gasteiger partial charge in [-0.15, -0.1) is 0 Å². The summed E-state index contributed by atoms with van der Waals surface area (Å²) in [5, 5.41) is 2.87. The highest BCUT2D eigenvalue weighted by atomic mass is 16.5. The van der Waals surface area contributed by atoms with E-state index in [2.05, 4.69) is 10.3 Å². The summed E-state index contributed by atoms with van der Waals surface area (Å²) in [6.07, 6.45) is 4.14. The largest absolute Gasteiger partial charge is 0.383 e. The van der Waals surface area contributed by atoms with Gasteiger partial charge < -0.3 is 24.4 Å². The van der Waals surface area contributed by atoms with Gasteiger partial charge in [0.15, 0.2) is 0 Å². The zero-order valence-electron chi connectivity index (χ0n) is 16.8. The summed E-state index contributed by atoms with van der Waals surface area (Å²) in [7, 11) is 7.36. The number of carbonyl (C=O) groups excluding carboxylic acids is 2. The number of aromatic nitrogens is 2. The van der Waals surface area contributed by atoms with Crippen molar-refractivity contribution < 1.29 is 14.3 Å². The predicted octanol–water partition coefficient (Wildman–Crippen LogP) is 0.988. The Balaban J connectivity index is 1.87. The Hall–Kier alpha value is -2.87. The number of ether oxygens (including phenoxy) is 1. The fourth-order valence-corrected chi connectivity index (χ4v) is 3.43. The van der Waals surface area contributed by atoms with Crippen molar-refractivity contribution in [3.8, 4) is 0 Å². The van der Waals surface area contributed by atoms with Crippen LogP contribution in [0.2, 0.25) is 0 Å². The molecule has 1 atom stereocenters. The molecule has 1 unspecified atom stereocenters. The molecule has 0 saturated heterocycles. The van der Waals surface area contributed by atoms with Gasteiger partial charge in [-0.3, -0.25) is 9.59 Å². The van der Waals surface area contributed by atoms with E-state index in [0.29, 0.717) is 31.7 Å². The molecule has 1 aromatic carbocycles. The molecule has 0 bridgehead atoms. The van der Waals surface area contributed by atoms with Crippen molar-refractivity contribution in [2.24, 2.45) is 7.05 Å². The van der Waals surface area contributed by atoms with E-state index >= 15 is 0 Å². The van der Waals surface area contributed by atoms with E-state index in [1.54, 1.807) is 24.5 Å². The number of aryl methyl sites for hydroxylation is 1. The van der Waals surface area contributed by atoms with Gasteiger partial charge in [-0.05, 0) is 17.7 Å². The third-order valence-electron chi connectivity index (χ3n) is 5.03. The summed E-state index contributed by atoms with van der Waals surface area (Å²) < 4.78 is 6.94. The molecule has 0 saturated carbocycles. The van der Waals surface area contributed by atoms with Crippen LogP contribution in [0.15, 0.2) is 30.7 Å². The number of fused-ring (bicyclic) bond motifs is 1. The lowest BCUT2D eigenvalue weighted by Gasteiger charge is -2.24. The van der Waals surface area contributed by atoms with E-state index in [4.69, 9.17) is 4.74 Å². The molecule has 28 heavy (non-hydrogen) atoms. The second-order valence-corrected chi connectivity index (χ2v) is 7.10. The average Bonchev–Trinajstić information content (AvgIpc) is 3.20. The van der Waals surface area contributed by atoms with E-state index in [1.165, 1.54) is 0 Å². The zero-order valence-corrected chi connectivity index (χ0v) is 16.8. The number of benzene rings is 1. The van der Waals surface area contributed by atoms with E-state index in [0.717, 1.165) is 16.9 Å². The topological polar surface area (TPSA) is 79.7 Å². The molecule has 2 amide bonds. The van der Waals surface area contributed by atoms with Gasteiger partial charge in [0.2, 0.25) is 5.91 Å². The molecule has 1 aliphatic heterocycles. The molecule has 2 heterocycles. The molecule has 1 aromatic heterocycles. The van der Waals surface area contributed by atoms with Gasteiger partial charge in [0.05, 0.1) is 12.9 Å². The molecule has 150 valence electrons. The van der Waals surface area contributed by atoms with E-state index in [9.17, 15) is 9.59 Å². The molecule has 2 aromatic rings. The molecule has 0 radical (unpaired) electrons. The van der Waals surface area contributed by atoms with Gasteiger partial charge >= 0.3 is 0 Å². The van der Waals surface area contributed by atoms with Gasteiger partial charge in [-0.1, -0.05) is 6.07 Å². The first-order valence-corrected chi connectivity index (χ1v) is 9.28. The fourth-order valence-electron chi connectivity index (χ4n) is 3.43. The maximum absolute atomic E-state index is 13.1. The van der Waals surface area contributed by atoms with E-state index < -0.39 is 6.04 Å². The molecular formula is C20H27N5O3. The average molecular weight is 385 g/mol. The molecule has 0 spiro atoms. The van der Waals surface area contributed by atoms with Gasteiger partial charge in [0.1, 0.15) is 6.04 Å². The number of nitrogens with one attached hydrogen (secondary N) is 1. The van der Waals surface area contributed by atoms with Crippen molar-refractivity contribution in [3.63, 3.8) is 0 Å². The predicted molar refractivity (Wildman–Crippen MR) is 106 cm³/mol. The van der Waals surface area contributed by atoms with Crippen LogP contribution in [-0.2, 0) is 23.0 Å². The molecule has 1 N–H and O–H groups in total. The standard InChI is InChI=1S/C20H27N5O3/c1-23(2)14-5-6-16-17(11-14)20(27)25(9-7-15-12-21-13-24(15)3)18(16)19(26)22-8-10-28-4/h5-6,11-13,18H,7-10H2,1-4H3,(H,22,26). The number of amides is 2. The molecule has 8 heteroatoms. The van der Waals surface area contributed by atoms with Gasteiger partial charge in [-0.2, -0.15) is 0 Å². The smallest absolute Gasteiger partial charge is 0.255 e. The lowest BCUT2D eigenvalue weighted by molar-refractivity contribution is -0.125. The maximum atomic E-state index is 13.1. The zero-order chi connectivity index (χ0) is 20.3. The molecular weight excluding hydrogens is 358 g/mol. The Labute approximate surface area is 165 Å². The molecule has 0 aliphatic carbocycles. The van der Waals surface area contributed by atoms with E-state index in [-0.39, 0.29) is 11.8 Å². The fraction of sp³-hybridized carbons (Fsp3) is 0.450. The van der Waals surface area contributed by atoms with Crippen molar-refractivity contribution in [1.82, 2.24) is 19.8 Å². The second-order valence-electron chi connectivity index (χ2n) is 7.10. The van der Waals surface area contributed by atoms with E-state index in [1.807, 2.05) is 48.8 Å². The summed E-state index contributed by atoms with van der Waals surface area (Å²) in [6, 6.07) is 5.04. The van der Waals surface area contributed by atoms with Crippen molar-refractivity contribution in [2.45, 2.75) is 12.5 Å².